The Bertz CT molecular complexity index is 1320. The van der Waals surface area contributed by atoms with Crippen LogP contribution in [0.4, 0.5) is 11.4 Å². The Kier molecular flexibility index (Phi) is 6.28. The molecule has 0 aliphatic carbocycles. The van der Waals surface area contributed by atoms with Crippen molar-refractivity contribution in [3.63, 3.8) is 0 Å². The molecule has 34 heavy (non-hydrogen) atoms. The van der Waals surface area contributed by atoms with Gasteiger partial charge >= 0.3 is 0 Å². The second-order valence-corrected chi connectivity index (χ2v) is 9.09. The molecular formula is C29H30N4O. The molecule has 0 saturated heterocycles. The number of nitrogens with zero attached hydrogens (tertiary/aromatic N) is 3. The Morgan fingerprint density at radius 2 is 1.79 bits per heavy atom. The van der Waals surface area contributed by atoms with Crippen LogP contribution in [0, 0.1) is 0 Å². The van der Waals surface area contributed by atoms with E-state index in [9.17, 15) is 4.79 Å². The summed E-state index contributed by atoms with van der Waals surface area (Å²) >= 11 is 0. The number of rotatable bonds is 6. The molecule has 3 aromatic carbocycles. The third-order valence-electron chi connectivity index (χ3n) is 6.53. The highest BCUT2D eigenvalue weighted by molar-refractivity contribution is 6.13. The minimum atomic E-state index is -0.0735. The number of amides is 1. The van der Waals surface area contributed by atoms with Crippen molar-refractivity contribution in [2.24, 2.45) is 0 Å². The van der Waals surface area contributed by atoms with E-state index in [0.29, 0.717) is 0 Å². The summed E-state index contributed by atoms with van der Waals surface area (Å²) in [5, 5.41) is 4.07. The molecule has 0 unspecified atom stereocenters. The van der Waals surface area contributed by atoms with Gasteiger partial charge in [-0.1, -0.05) is 54.6 Å². The number of nitrogens with one attached hydrogen (secondary N) is 1. The van der Waals surface area contributed by atoms with Crippen molar-refractivity contribution in [1.82, 2.24) is 9.88 Å². The molecule has 4 aromatic rings. The molecule has 0 bridgehead atoms. The van der Waals surface area contributed by atoms with Gasteiger partial charge in [0.2, 0.25) is 0 Å². The zero-order chi connectivity index (χ0) is 23.5. The number of para-hydroxylation sites is 1. The molecule has 0 fully saturated rings. The van der Waals surface area contributed by atoms with Crippen LogP contribution in [-0.4, -0.2) is 43.0 Å². The lowest BCUT2D eigenvalue weighted by Gasteiger charge is -2.30. The van der Waals surface area contributed by atoms with Gasteiger partial charge in [0, 0.05) is 68.2 Å². The third kappa shape index (κ3) is 4.66. The molecule has 1 N–H and O–H groups in total. The van der Waals surface area contributed by atoms with E-state index in [4.69, 9.17) is 4.98 Å². The highest BCUT2D eigenvalue weighted by atomic mass is 16.1. The van der Waals surface area contributed by atoms with Crippen LogP contribution in [-0.2, 0) is 19.4 Å². The normalized spacial score (nSPS) is 13.5. The van der Waals surface area contributed by atoms with E-state index in [2.05, 4.69) is 40.5 Å². The van der Waals surface area contributed by atoms with Crippen LogP contribution >= 0.6 is 0 Å². The number of anilines is 2. The maximum atomic E-state index is 13.7. The molecule has 5 nitrogen and oxygen atoms in total. The average Bonchev–Trinajstić information content (AvgIpc) is 2.86. The van der Waals surface area contributed by atoms with E-state index in [1.165, 1.54) is 5.56 Å². The van der Waals surface area contributed by atoms with Crippen molar-refractivity contribution in [2.45, 2.75) is 19.4 Å². The average molecular weight is 451 g/mol. The molecule has 2 heterocycles. The molecule has 0 atom stereocenters. The number of fused-ring (bicyclic) bond motifs is 2. The number of hydrogen-bond acceptors (Lipinski definition) is 4. The molecule has 0 spiro atoms. The van der Waals surface area contributed by atoms with E-state index in [0.717, 1.165) is 71.6 Å². The smallest absolute Gasteiger partial charge is 0.256 e. The SMILES string of the molecule is CN(C)c1cccc(NC(=O)c2c3c(nc4ccccc24)CCN(CCc2ccccc2)C3)c1. The van der Waals surface area contributed by atoms with Crippen LogP contribution in [0.3, 0.4) is 0 Å². The maximum Gasteiger partial charge on any atom is 0.256 e. The quantitative estimate of drug-likeness (QED) is 0.441. The van der Waals surface area contributed by atoms with Gasteiger partial charge in [-0.3, -0.25) is 14.7 Å². The molecular weight excluding hydrogens is 420 g/mol. The van der Waals surface area contributed by atoms with Gasteiger partial charge in [0.1, 0.15) is 0 Å². The van der Waals surface area contributed by atoms with Gasteiger partial charge in [-0.15, -0.1) is 0 Å². The molecule has 5 heteroatoms. The van der Waals surface area contributed by atoms with E-state index in [1.54, 1.807) is 0 Å². The summed E-state index contributed by atoms with van der Waals surface area (Å²) in [4.78, 5) is 23.1. The topological polar surface area (TPSA) is 48.5 Å². The predicted molar refractivity (Wildman–Crippen MR) is 140 cm³/mol. The van der Waals surface area contributed by atoms with E-state index >= 15 is 0 Å². The van der Waals surface area contributed by atoms with Gasteiger partial charge < -0.3 is 10.2 Å². The fourth-order valence-electron chi connectivity index (χ4n) is 4.68. The van der Waals surface area contributed by atoms with E-state index < -0.39 is 0 Å². The van der Waals surface area contributed by atoms with E-state index in [-0.39, 0.29) is 5.91 Å². The first-order chi connectivity index (χ1) is 16.6. The summed E-state index contributed by atoms with van der Waals surface area (Å²) in [7, 11) is 4.00. The minimum Gasteiger partial charge on any atom is -0.378 e. The zero-order valence-electron chi connectivity index (χ0n) is 19.8. The van der Waals surface area contributed by atoms with Gasteiger partial charge in [-0.25, -0.2) is 0 Å². The Balaban J connectivity index is 1.46. The molecule has 1 aromatic heterocycles. The van der Waals surface area contributed by atoms with Crippen molar-refractivity contribution >= 4 is 28.2 Å². The number of aromatic nitrogens is 1. The summed E-state index contributed by atoms with van der Waals surface area (Å²) in [6, 6.07) is 26.5. The summed E-state index contributed by atoms with van der Waals surface area (Å²) in [5.41, 5.74) is 6.91. The van der Waals surface area contributed by atoms with Crippen LogP contribution in [0.15, 0.2) is 78.9 Å². The molecule has 1 aliphatic rings. The van der Waals surface area contributed by atoms with Crippen molar-refractivity contribution in [1.29, 1.82) is 0 Å². The highest BCUT2D eigenvalue weighted by Gasteiger charge is 2.26. The Hall–Kier alpha value is -3.70. The standard InChI is InChI=1S/C29H30N4O/c1-32(2)23-12-8-11-22(19-23)30-29(34)28-24-13-6-7-14-26(24)31-27-16-18-33(20-25(27)28)17-15-21-9-4-3-5-10-21/h3-14,19H,15-18,20H2,1-2H3,(H,30,34). The monoisotopic (exact) mass is 450 g/mol. The summed E-state index contributed by atoms with van der Waals surface area (Å²) in [5.74, 6) is -0.0735. The Morgan fingerprint density at radius 3 is 2.62 bits per heavy atom. The third-order valence-corrected chi connectivity index (χ3v) is 6.53. The molecule has 1 amide bonds. The van der Waals surface area contributed by atoms with Crippen molar-refractivity contribution < 1.29 is 4.79 Å². The lowest BCUT2D eigenvalue weighted by Crippen LogP contribution is -2.34. The van der Waals surface area contributed by atoms with Crippen molar-refractivity contribution in [2.75, 3.05) is 37.4 Å². The number of benzene rings is 3. The first kappa shape index (κ1) is 22.1. The van der Waals surface area contributed by atoms with Gasteiger partial charge in [0.25, 0.3) is 5.91 Å². The summed E-state index contributed by atoms with van der Waals surface area (Å²) in [6.45, 7) is 2.65. The second-order valence-electron chi connectivity index (χ2n) is 9.09. The maximum absolute atomic E-state index is 13.7. The largest absolute Gasteiger partial charge is 0.378 e. The van der Waals surface area contributed by atoms with Gasteiger partial charge in [-0.05, 0) is 36.2 Å². The van der Waals surface area contributed by atoms with Crippen molar-refractivity contribution in [3.8, 4) is 0 Å². The van der Waals surface area contributed by atoms with Crippen LogP contribution < -0.4 is 10.2 Å². The second kappa shape index (κ2) is 9.65. The summed E-state index contributed by atoms with van der Waals surface area (Å²) in [6.07, 6.45) is 1.85. The minimum absolute atomic E-state index is 0.0735. The van der Waals surface area contributed by atoms with Crippen LogP contribution in [0.1, 0.15) is 27.2 Å². The lowest BCUT2D eigenvalue weighted by atomic mass is 9.95. The number of pyridine rings is 1. The summed E-state index contributed by atoms with van der Waals surface area (Å²) < 4.78 is 0. The first-order valence-electron chi connectivity index (χ1n) is 11.8. The van der Waals surface area contributed by atoms with Crippen LogP contribution in [0.2, 0.25) is 0 Å². The van der Waals surface area contributed by atoms with Gasteiger partial charge in [0.05, 0.1) is 11.1 Å². The Labute approximate surface area is 201 Å². The molecule has 0 radical (unpaired) electrons. The Morgan fingerprint density at radius 1 is 1.00 bits per heavy atom. The lowest BCUT2D eigenvalue weighted by molar-refractivity contribution is 0.102. The first-order valence-corrected chi connectivity index (χ1v) is 11.8. The molecule has 5 rings (SSSR count). The molecule has 172 valence electrons. The fraction of sp³-hybridized carbons (Fsp3) is 0.241. The van der Waals surface area contributed by atoms with Gasteiger partial charge in [0.15, 0.2) is 0 Å². The number of hydrogen-bond donors (Lipinski definition) is 1. The number of carbonyl (C=O) groups excluding carboxylic acids is 1. The van der Waals surface area contributed by atoms with Crippen LogP contribution in [0.25, 0.3) is 10.9 Å². The molecule has 1 aliphatic heterocycles. The highest BCUT2D eigenvalue weighted by Crippen LogP contribution is 2.29. The van der Waals surface area contributed by atoms with E-state index in [1.807, 2.05) is 67.5 Å². The number of carbonyl (C=O) groups is 1. The fourth-order valence-corrected chi connectivity index (χ4v) is 4.68. The van der Waals surface area contributed by atoms with Crippen LogP contribution in [0.5, 0.6) is 0 Å². The predicted octanol–water partition coefficient (Wildman–Crippen LogP) is 5.15. The molecule has 0 saturated carbocycles. The van der Waals surface area contributed by atoms with Gasteiger partial charge in [-0.2, -0.15) is 0 Å². The van der Waals surface area contributed by atoms with Crippen molar-refractivity contribution in [3.05, 3.63) is 101 Å². The zero-order valence-corrected chi connectivity index (χ0v) is 19.8.